The van der Waals surface area contributed by atoms with Crippen LogP contribution in [0.4, 0.5) is 14.9 Å². The Morgan fingerprint density at radius 3 is 2.60 bits per heavy atom. The van der Waals surface area contributed by atoms with E-state index in [1.807, 2.05) is 26.0 Å². The average Bonchev–Trinajstić information content (AvgIpc) is 3.62. The Kier molecular flexibility index (Phi) is 4.31. The highest BCUT2D eigenvalue weighted by Gasteiger charge is 2.49. The van der Waals surface area contributed by atoms with E-state index in [-0.39, 0.29) is 23.9 Å². The number of rotatable bonds is 4. The standard InChI is InChI=1S/C23H24FN3O3/c1-23(2,26-21(28)13-3-5-15(24)6-4-13)19-10-9-18-20(25-19)17-11-14(17)12-27(18)22(29)30-16-7-8-16/h3-6,9-10,14,16-17H,7-8,11-12H2,1-2H3,(H,26,28)/t14-,17-/m0/s1. The van der Waals surface area contributed by atoms with Crippen molar-refractivity contribution >= 4 is 17.7 Å². The van der Waals surface area contributed by atoms with Gasteiger partial charge in [-0.3, -0.25) is 14.7 Å². The number of nitrogens with one attached hydrogen (secondary N) is 1. The molecular formula is C23H24FN3O3. The predicted octanol–water partition coefficient (Wildman–Crippen LogP) is 4.11. The third kappa shape index (κ3) is 3.53. The Balaban J connectivity index is 1.38. The van der Waals surface area contributed by atoms with E-state index in [0.717, 1.165) is 36.3 Å². The van der Waals surface area contributed by atoms with Gasteiger partial charge in [0.2, 0.25) is 0 Å². The Hall–Kier alpha value is -2.96. The van der Waals surface area contributed by atoms with Crippen LogP contribution in [0.1, 0.15) is 60.8 Å². The van der Waals surface area contributed by atoms with E-state index in [1.54, 1.807) is 4.90 Å². The van der Waals surface area contributed by atoms with Crippen molar-refractivity contribution in [1.82, 2.24) is 10.3 Å². The van der Waals surface area contributed by atoms with Crippen LogP contribution in [-0.4, -0.2) is 29.6 Å². The van der Waals surface area contributed by atoms with Crippen LogP contribution in [0, 0.1) is 11.7 Å². The second kappa shape index (κ2) is 6.79. The van der Waals surface area contributed by atoms with E-state index in [2.05, 4.69) is 5.32 Å². The quantitative estimate of drug-likeness (QED) is 0.825. The maximum absolute atomic E-state index is 13.1. The molecule has 1 aromatic heterocycles. The minimum atomic E-state index is -0.734. The van der Waals surface area contributed by atoms with Crippen molar-refractivity contribution in [2.24, 2.45) is 5.92 Å². The molecular weight excluding hydrogens is 385 g/mol. The molecule has 30 heavy (non-hydrogen) atoms. The van der Waals surface area contributed by atoms with Gasteiger partial charge in [-0.25, -0.2) is 9.18 Å². The monoisotopic (exact) mass is 409 g/mol. The lowest BCUT2D eigenvalue weighted by molar-refractivity contribution is 0.0910. The molecule has 0 spiro atoms. The first kappa shape index (κ1) is 19.0. The molecule has 2 amide bonds. The van der Waals surface area contributed by atoms with Crippen molar-refractivity contribution in [2.75, 3.05) is 11.4 Å². The highest BCUT2D eigenvalue weighted by Crippen LogP contribution is 2.54. The summed E-state index contributed by atoms with van der Waals surface area (Å²) in [4.78, 5) is 31.8. The zero-order valence-electron chi connectivity index (χ0n) is 17.0. The smallest absolute Gasteiger partial charge is 0.414 e. The number of ether oxygens (including phenoxy) is 1. The molecule has 0 bridgehead atoms. The molecule has 2 saturated carbocycles. The SMILES string of the molecule is CC(C)(NC(=O)c1ccc(F)cc1)c1ccc2c(n1)[C@H]1C[C@H]1CN2C(=O)OC1CC1. The Bertz CT molecular complexity index is 1020. The number of carbonyl (C=O) groups is 2. The van der Waals surface area contributed by atoms with Crippen LogP contribution in [-0.2, 0) is 10.3 Å². The lowest BCUT2D eigenvalue weighted by atomic mass is 9.97. The fraction of sp³-hybridized carbons (Fsp3) is 0.435. The Morgan fingerprint density at radius 1 is 1.17 bits per heavy atom. The molecule has 2 aliphatic carbocycles. The minimum Gasteiger partial charge on any atom is -0.446 e. The Labute approximate surface area is 174 Å². The van der Waals surface area contributed by atoms with Gasteiger partial charge in [-0.15, -0.1) is 0 Å². The summed E-state index contributed by atoms with van der Waals surface area (Å²) in [6, 6.07) is 9.21. The average molecular weight is 409 g/mol. The van der Waals surface area contributed by atoms with E-state index < -0.39 is 5.54 Å². The van der Waals surface area contributed by atoms with Crippen molar-refractivity contribution in [3.63, 3.8) is 0 Å². The number of hydrogen-bond donors (Lipinski definition) is 1. The van der Waals surface area contributed by atoms with E-state index in [9.17, 15) is 14.0 Å². The molecule has 2 fully saturated rings. The van der Waals surface area contributed by atoms with Gasteiger partial charge in [-0.1, -0.05) is 0 Å². The van der Waals surface area contributed by atoms with E-state index in [0.29, 0.717) is 23.9 Å². The molecule has 6 nitrogen and oxygen atoms in total. The molecule has 5 rings (SSSR count). The largest absolute Gasteiger partial charge is 0.446 e. The number of anilines is 1. The highest BCUT2D eigenvalue weighted by atomic mass is 19.1. The maximum Gasteiger partial charge on any atom is 0.414 e. The summed E-state index contributed by atoms with van der Waals surface area (Å²) in [6.45, 7) is 4.44. The molecule has 0 saturated heterocycles. The van der Waals surface area contributed by atoms with Crippen LogP contribution < -0.4 is 10.2 Å². The van der Waals surface area contributed by atoms with Gasteiger partial charge in [0, 0.05) is 18.0 Å². The third-order valence-corrected chi connectivity index (χ3v) is 6.07. The van der Waals surface area contributed by atoms with Crippen LogP contribution >= 0.6 is 0 Å². The second-order valence-electron chi connectivity index (χ2n) is 8.98. The van der Waals surface area contributed by atoms with Crippen LogP contribution in [0.3, 0.4) is 0 Å². The first-order valence-electron chi connectivity index (χ1n) is 10.4. The van der Waals surface area contributed by atoms with E-state index in [4.69, 9.17) is 9.72 Å². The van der Waals surface area contributed by atoms with Crippen molar-refractivity contribution < 1.29 is 18.7 Å². The summed E-state index contributed by atoms with van der Waals surface area (Å²) >= 11 is 0. The first-order valence-corrected chi connectivity index (χ1v) is 10.4. The summed E-state index contributed by atoms with van der Waals surface area (Å²) < 4.78 is 18.6. The molecule has 0 radical (unpaired) electrons. The summed E-state index contributed by atoms with van der Waals surface area (Å²) in [5.41, 5.74) is 2.09. The van der Waals surface area contributed by atoms with E-state index in [1.165, 1.54) is 24.3 Å². The molecule has 1 aromatic carbocycles. The number of amides is 2. The van der Waals surface area contributed by atoms with Gasteiger partial charge in [0.15, 0.2) is 0 Å². The highest BCUT2D eigenvalue weighted by molar-refractivity contribution is 5.94. The van der Waals surface area contributed by atoms with Gasteiger partial charge in [0.05, 0.1) is 22.6 Å². The molecule has 1 N–H and O–H groups in total. The molecule has 2 heterocycles. The summed E-state index contributed by atoms with van der Waals surface area (Å²) in [5.74, 6) is 0.0989. The summed E-state index contributed by atoms with van der Waals surface area (Å²) in [6.07, 6.45) is 2.67. The fourth-order valence-electron chi connectivity index (χ4n) is 4.02. The van der Waals surface area contributed by atoms with Crippen LogP contribution in [0.15, 0.2) is 36.4 Å². The van der Waals surface area contributed by atoms with Crippen molar-refractivity contribution in [3.05, 3.63) is 59.2 Å². The number of carbonyl (C=O) groups excluding carboxylic acids is 2. The van der Waals surface area contributed by atoms with Crippen LogP contribution in [0.2, 0.25) is 0 Å². The van der Waals surface area contributed by atoms with Crippen LogP contribution in [0.25, 0.3) is 0 Å². The zero-order valence-corrected chi connectivity index (χ0v) is 17.0. The van der Waals surface area contributed by atoms with Gasteiger partial charge in [0.25, 0.3) is 5.91 Å². The lowest BCUT2D eigenvalue weighted by Gasteiger charge is -2.31. The normalized spacial score (nSPS) is 22.0. The number of nitrogens with zero attached hydrogens (tertiary/aromatic N) is 2. The molecule has 156 valence electrons. The van der Waals surface area contributed by atoms with Gasteiger partial charge < -0.3 is 10.1 Å². The number of pyridine rings is 1. The molecule has 3 aliphatic rings. The summed E-state index contributed by atoms with van der Waals surface area (Å²) in [7, 11) is 0. The van der Waals surface area contributed by atoms with E-state index >= 15 is 0 Å². The topological polar surface area (TPSA) is 71.5 Å². The minimum absolute atomic E-state index is 0.0608. The third-order valence-electron chi connectivity index (χ3n) is 6.07. The molecule has 1 aliphatic heterocycles. The molecule has 0 unspecified atom stereocenters. The Morgan fingerprint density at radius 2 is 1.90 bits per heavy atom. The molecule has 2 atom stereocenters. The number of benzene rings is 1. The van der Waals surface area contributed by atoms with Gasteiger partial charge >= 0.3 is 6.09 Å². The fourth-order valence-corrected chi connectivity index (χ4v) is 4.02. The van der Waals surface area contributed by atoms with Crippen molar-refractivity contribution in [1.29, 1.82) is 0 Å². The van der Waals surface area contributed by atoms with Gasteiger partial charge in [0.1, 0.15) is 11.9 Å². The second-order valence-corrected chi connectivity index (χ2v) is 8.98. The number of aromatic nitrogens is 1. The number of hydrogen-bond acceptors (Lipinski definition) is 4. The van der Waals surface area contributed by atoms with Gasteiger partial charge in [-0.2, -0.15) is 0 Å². The first-order chi connectivity index (χ1) is 14.3. The zero-order chi connectivity index (χ0) is 21.0. The summed E-state index contributed by atoms with van der Waals surface area (Å²) in [5, 5.41) is 2.98. The maximum atomic E-state index is 13.1. The molecule has 7 heteroatoms. The van der Waals surface area contributed by atoms with Crippen molar-refractivity contribution in [3.8, 4) is 0 Å². The lowest BCUT2D eigenvalue weighted by Crippen LogP contribution is -2.42. The van der Waals surface area contributed by atoms with Crippen molar-refractivity contribution in [2.45, 2.75) is 50.7 Å². The van der Waals surface area contributed by atoms with Crippen LogP contribution in [0.5, 0.6) is 0 Å². The predicted molar refractivity (Wildman–Crippen MR) is 109 cm³/mol. The number of halogens is 1. The number of fused-ring (bicyclic) bond motifs is 3. The molecule has 2 aromatic rings. The van der Waals surface area contributed by atoms with Gasteiger partial charge in [-0.05, 0) is 75.4 Å².